The highest BCUT2D eigenvalue weighted by atomic mass is 32.2. The van der Waals surface area contributed by atoms with E-state index < -0.39 is 27.8 Å². The molecule has 1 aliphatic rings. The first-order valence-corrected chi connectivity index (χ1v) is 9.90. The number of aryl methyl sites for hydroxylation is 1. The number of carbonyl (C=O) groups excluding carboxylic acids is 1. The Morgan fingerprint density at radius 1 is 1.27 bits per heavy atom. The van der Waals surface area contributed by atoms with Crippen molar-refractivity contribution in [3.05, 3.63) is 53.2 Å². The number of nitrogens with zero attached hydrogens (tertiary/aromatic N) is 1. The molecule has 1 amide bonds. The molecule has 0 aliphatic carbocycles. The summed E-state index contributed by atoms with van der Waals surface area (Å²) in [7, 11) is -3.67. The van der Waals surface area contributed by atoms with E-state index in [1.807, 2.05) is 0 Å². The van der Waals surface area contributed by atoms with E-state index in [1.54, 1.807) is 25.1 Å². The lowest BCUT2D eigenvalue weighted by molar-refractivity contribution is 0.0910. The minimum Gasteiger partial charge on any atom is -0.455 e. The summed E-state index contributed by atoms with van der Waals surface area (Å²) in [6, 6.07) is 6.80. The fourth-order valence-corrected chi connectivity index (χ4v) is 4.75. The second kappa shape index (κ2) is 7.20. The molecule has 0 radical (unpaired) electrons. The molecule has 26 heavy (non-hydrogen) atoms. The number of hydrogen-bond acceptors (Lipinski definition) is 4. The number of sulfonamides is 1. The van der Waals surface area contributed by atoms with Crippen LogP contribution in [0, 0.1) is 12.7 Å². The number of furan rings is 1. The molecule has 1 atom stereocenters. The number of amides is 1. The maximum Gasteiger partial charge on any atom is 0.287 e. The second-order valence-corrected chi connectivity index (χ2v) is 8.27. The molecule has 0 saturated carbocycles. The highest BCUT2D eigenvalue weighted by Crippen LogP contribution is 2.27. The maximum atomic E-state index is 13.8. The number of nitrogens with one attached hydrogen (secondary N) is 1. The summed E-state index contributed by atoms with van der Waals surface area (Å²) in [6.07, 6.45) is 1.65. The van der Waals surface area contributed by atoms with Crippen LogP contribution >= 0.6 is 0 Å². The van der Waals surface area contributed by atoms with Gasteiger partial charge in [0, 0.05) is 24.7 Å². The Balaban J connectivity index is 1.80. The fraction of sp³-hybridized carbons (Fsp3) is 0.389. The monoisotopic (exact) mass is 380 g/mol. The molecular weight excluding hydrogens is 359 g/mol. The minimum atomic E-state index is -3.67. The largest absolute Gasteiger partial charge is 0.455 e. The average molecular weight is 380 g/mol. The smallest absolute Gasteiger partial charge is 0.287 e. The van der Waals surface area contributed by atoms with Crippen LogP contribution < -0.4 is 5.32 Å². The number of rotatable bonds is 5. The van der Waals surface area contributed by atoms with E-state index in [0.29, 0.717) is 18.7 Å². The normalized spacial score (nSPS) is 16.6. The fourth-order valence-electron chi connectivity index (χ4n) is 3.07. The van der Waals surface area contributed by atoms with Crippen molar-refractivity contribution in [1.29, 1.82) is 0 Å². The van der Waals surface area contributed by atoms with Gasteiger partial charge in [0.1, 0.15) is 16.5 Å². The van der Waals surface area contributed by atoms with Crippen LogP contribution in [-0.2, 0) is 10.0 Å². The average Bonchev–Trinajstić information content (AvgIpc) is 3.25. The molecule has 1 aliphatic heterocycles. The van der Waals surface area contributed by atoms with E-state index in [4.69, 9.17) is 4.42 Å². The Morgan fingerprint density at radius 2 is 1.92 bits per heavy atom. The summed E-state index contributed by atoms with van der Waals surface area (Å²) >= 11 is 0. The van der Waals surface area contributed by atoms with Gasteiger partial charge in [-0.2, -0.15) is 4.31 Å². The summed E-state index contributed by atoms with van der Waals surface area (Å²) in [6.45, 7) is 4.10. The van der Waals surface area contributed by atoms with Gasteiger partial charge in [0.15, 0.2) is 5.76 Å². The van der Waals surface area contributed by atoms with E-state index in [9.17, 15) is 17.6 Å². The van der Waals surface area contributed by atoms with Crippen LogP contribution in [-0.4, -0.2) is 31.7 Å². The zero-order chi connectivity index (χ0) is 18.9. The summed E-state index contributed by atoms with van der Waals surface area (Å²) in [5.74, 6) is -0.955. The van der Waals surface area contributed by atoms with Gasteiger partial charge in [-0.3, -0.25) is 4.79 Å². The summed E-state index contributed by atoms with van der Waals surface area (Å²) in [4.78, 5) is 12.4. The highest BCUT2D eigenvalue weighted by Gasteiger charge is 2.32. The third-order valence-corrected chi connectivity index (χ3v) is 6.50. The van der Waals surface area contributed by atoms with Crippen molar-refractivity contribution in [2.24, 2.45) is 0 Å². The van der Waals surface area contributed by atoms with Gasteiger partial charge >= 0.3 is 0 Å². The van der Waals surface area contributed by atoms with Gasteiger partial charge in [0.25, 0.3) is 5.91 Å². The van der Waals surface area contributed by atoms with Crippen molar-refractivity contribution >= 4 is 15.9 Å². The van der Waals surface area contributed by atoms with Crippen LogP contribution in [0.15, 0.2) is 39.6 Å². The third kappa shape index (κ3) is 3.52. The van der Waals surface area contributed by atoms with Gasteiger partial charge in [-0.25, -0.2) is 12.8 Å². The molecule has 1 aromatic carbocycles. The lowest BCUT2D eigenvalue weighted by Crippen LogP contribution is -2.28. The van der Waals surface area contributed by atoms with Gasteiger partial charge in [-0.15, -0.1) is 0 Å². The highest BCUT2D eigenvalue weighted by molar-refractivity contribution is 7.89. The number of hydrogen-bond donors (Lipinski definition) is 1. The molecule has 0 bridgehead atoms. The van der Waals surface area contributed by atoms with Crippen LogP contribution in [0.1, 0.15) is 47.7 Å². The Morgan fingerprint density at radius 3 is 2.58 bits per heavy atom. The van der Waals surface area contributed by atoms with E-state index in [-0.39, 0.29) is 16.4 Å². The van der Waals surface area contributed by atoms with Crippen molar-refractivity contribution < 1.29 is 22.0 Å². The Hall–Kier alpha value is -2.19. The van der Waals surface area contributed by atoms with Crippen LogP contribution in [0.2, 0.25) is 0 Å². The Labute approximate surface area is 152 Å². The number of halogens is 1. The van der Waals surface area contributed by atoms with Crippen molar-refractivity contribution in [2.75, 3.05) is 13.1 Å². The maximum absolute atomic E-state index is 13.8. The molecule has 1 saturated heterocycles. The SMILES string of the molecule is Cc1oc(C(=O)N[C@H](C)c2ccccc2F)cc1S(=O)(=O)N1CCCC1. The first-order valence-electron chi connectivity index (χ1n) is 8.46. The Bertz CT molecular complexity index is 917. The van der Waals surface area contributed by atoms with Gasteiger partial charge in [0.2, 0.25) is 10.0 Å². The van der Waals surface area contributed by atoms with Crippen molar-refractivity contribution in [3.63, 3.8) is 0 Å². The van der Waals surface area contributed by atoms with Crippen molar-refractivity contribution in [3.8, 4) is 0 Å². The van der Waals surface area contributed by atoms with Gasteiger partial charge in [0.05, 0.1) is 6.04 Å². The van der Waals surface area contributed by atoms with E-state index in [0.717, 1.165) is 12.8 Å². The van der Waals surface area contributed by atoms with Crippen molar-refractivity contribution in [2.45, 2.75) is 37.6 Å². The van der Waals surface area contributed by atoms with Crippen molar-refractivity contribution in [1.82, 2.24) is 9.62 Å². The molecule has 140 valence electrons. The molecule has 0 unspecified atom stereocenters. The van der Waals surface area contributed by atoms with Gasteiger partial charge < -0.3 is 9.73 Å². The first kappa shape index (κ1) is 18.6. The number of carbonyl (C=O) groups is 1. The zero-order valence-corrected chi connectivity index (χ0v) is 15.5. The molecule has 6 nitrogen and oxygen atoms in total. The molecule has 1 N–H and O–H groups in total. The topological polar surface area (TPSA) is 79.6 Å². The molecule has 0 spiro atoms. The van der Waals surface area contributed by atoms with E-state index in [2.05, 4.69) is 5.32 Å². The lowest BCUT2D eigenvalue weighted by Gasteiger charge is -2.14. The molecule has 2 aromatic rings. The lowest BCUT2D eigenvalue weighted by atomic mass is 10.1. The molecule has 2 heterocycles. The summed E-state index contributed by atoms with van der Waals surface area (Å²) < 4.78 is 45.9. The standard InChI is InChI=1S/C18H21FN2O4S/c1-12(14-7-3-4-8-15(14)19)20-18(22)16-11-17(13(2)25-16)26(23,24)21-9-5-6-10-21/h3-4,7-8,11-12H,5-6,9-10H2,1-2H3,(H,20,22)/t12-/m1/s1. The first-order chi connectivity index (χ1) is 12.3. The Kier molecular flexibility index (Phi) is 5.15. The predicted octanol–water partition coefficient (Wildman–Crippen LogP) is 3.00. The van der Waals surface area contributed by atoms with Crippen LogP contribution in [0.5, 0.6) is 0 Å². The van der Waals surface area contributed by atoms with Gasteiger partial charge in [-0.05, 0) is 32.8 Å². The van der Waals surface area contributed by atoms with Gasteiger partial charge in [-0.1, -0.05) is 18.2 Å². The molecule has 1 aromatic heterocycles. The summed E-state index contributed by atoms with van der Waals surface area (Å²) in [5.41, 5.74) is 0.342. The molecule has 3 rings (SSSR count). The molecular formula is C18H21FN2O4S. The quantitative estimate of drug-likeness (QED) is 0.865. The van der Waals surface area contributed by atoms with Crippen LogP contribution in [0.3, 0.4) is 0 Å². The zero-order valence-electron chi connectivity index (χ0n) is 14.7. The number of benzene rings is 1. The molecule has 8 heteroatoms. The van der Waals surface area contributed by atoms with Crippen LogP contribution in [0.4, 0.5) is 4.39 Å². The third-order valence-electron chi connectivity index (χ3n) is 4.50. The van der Waals surface area contributed by atoms with E-state index in [1.165, 1.54) is 23.4 Å². The summed E-state index contributed by atoms with van der Waals surface area (Å²) in [5, 5.41) is 2.63. The van der Waals surface area contributed by atoms with Crippen LogP contribution in [0.25, 0.3) is 0 Å². The predicted molar refractivity (Wildman–Crippen MR) is 93.7 cm³/mol. The molecule has 1 fully saturated rings. The van der Waals surface area contributed by atoms with E-state index >= 15 is 0 Å². The minimum absolute atomic E-state index is 0.00287. The second-order valence-electron chi connectivity index (χ2n) is 6.36.